The summed E-state index contributed by atoms with van der Waals surface area (Å²) in [6.07, 6.45) is 0. The van der Waals surface area contributed by atoms with Gasteiger partial charge < -0.3 is 9.32 Å². The molecule has 0 saturated heterocycles. The summed E-state index contributed by atoms with van der Waals surface area (Å²) in [5.74, 6) is 0. The topological polar surface area (TPSA) is 16.4 Å². The molecule has 0 fully saturated rings. The summed E-state index contributed by atoms with van der Waals surface area (Å²) in [6, 6.07) is 54.9. The zero-order chi connectivity index (χ0) is 33.3. The largest absolute Gasteiger partial charge is 0.456 e. The van der Waals surface area contributed by atoms with E-state index in [0.717, 1.165) is 50.1 Å². The van der Waals surface area contributed by atoms with Gasteiger partial charge in [0, 0.05) is 33.2 Å². The van der Waals surface area contributed by atoms with Gasteiger partial charge >= 0.3 is 0 Å². The Kier molecular flexibility index (Phi) is 6.64. The van der Waals surface area contributed by atoms with Crippen molar-refractivity contribution >= 4 is 39.0 Å². The highest BCUT2D eigenvalue weighted by atomic mass is 16.3. The number of hydrogen-bond donors (Lipinski definition) is 0. The summed E-state index contributed by atoms with van der Waals surface area (Å²) < 4.78 is 6.19. The van der Waals surface area contributed by atoms with E-state index in [9.17, 15) is 0 Å². The van der Waals surface area contributed by atoms with Gasteiger partial charge in [0.05, 0.1) is 0 Å². The van der Waals surface area contributed by atoms with Gasteiger partial charge in [0.1, 0.15) is 11.2 Å². The average molecular weight is 632 g/mol. The molecular weight excluding hydrogens is 595 g/mol. The van der Waals surface area contributed by atoms with Crippen LogP contribution in [0.15, 0.2) is 156 Å². The third-order valence-electron chi connectivity index (χ3n) is 10.4. The highest BCUT2D eigenvalue weighted by molar-refractivity contribution is 6.05. The van der Waals surface area contributed by atoms with Crippen LogP contribution in [0.1, 0.15) is 36.1 Å². The summed E-state index contributed by atoms with van der Waals surface area (Å²) in [7, 11) is 0. The van der Waals surface area contributed by atoms with Crippen molar-refractivity contribution in [3.05, 3.63) is 174 Å². The molecule has 49 heavy (non-hydrogen) atoms. The van der Waals surface area contributed by atoms with E-state index < -0.39 is 0 Å². The van der Waals surface area contributed by atoms with Gasteiger partial charge in [0.15, 0.2) is 0 Å². The molecule has 0 spiro atoms. The number of benzene rings is 7. The molecule has 236 valence electrons. The van der Waals surface area contributed by atoms with E-state index in [-0.39, 0.29) is 5.41 Å². The number of rotatable bonds is 5. The van der Waals surface area contributed by atoms with E-state index >= 15 is 0 Å². The molecule has 0 saturated carbocycles. The van der Waals surface area contributed by atoms with Crippen molar-refractivity contribution in [1.29, 1.82) is 0 Å². The third kappa shape index (κ3) is 4.78. The van der Waals surface area contributed by atoms with Gasteiger partial charge in [-0.25, -0.2) is 0 Å². The standard InChI is InChI=1S/C47H37NO/c1-30-25-31(2)46-41-28-34(20-24-42(41)47(3,4)43(46)26-30)33-11-10-14-38(27-33)48(36-12-6-5-7-13-36)37-21-17-32(18-22-37)35-19-23-40-39-15-8-9-16-44(39)49-45(40)29-35/h5-29H,1-4H3. The minimum Gasteiger partial charge on any atom is -0.456 e. The number of para-hydroxylation sites is 2. The van der Waals surface area contributed by atoms with Gasteiger partial charge in [-0.15, -0.1) is 0 Å². The fourth-order valence-corrected chi connectivity index (χ4v) is 8.00. The molecule has 0 aliphatic heterocycles. The number of hydrogen-bond acceptors (Lipinski definition) is 2. The first-order valence-electron chi connectivity index (χ1n) is 17.1. The average Bonchev–Trinajstić information content (AvgIpc) is 3.60. The Bertz CT molecular complexity index is 2540. The zero-order valence-electron chi connectivity index (χ0n) is 28.3. The lowest BCUT2D eigenvalue weighted by atomic mass is 9.81. The molecule has 0 bridgehead atoms. The fraction of sp³-hybridized carbons (Fsp3) is 0.106. The maximum atomic E-state index is 6.19. The second-order valence-corrected chi connectivity index (χ2v) is 14.0. The first-order chi connectivity index (χ1) is 23.8. The minimum atomic E-state index is -0.0179. The molecule has 0 unspecified atom stereocenters. The van der Waals surface area contributed by atoms with Crippen LogP contribution in [0.5, 0.6) is 0 Å². The van der Waals surface area contributed by atoms with Crippen molar-refractivity contribution in [2.45, 2.75) is 33.1 Å². The van der Waals surface area contributed by atoms with Crippen LogP contribution in [-0.2, 0) is 5.41 Å². The van der Waals surface area contributed by atoms with E-state index in [4.69, 9.17) is 4.42 Å². The second kappa shape index (κ2) is 11.1. The number of furan rings is 1. The van der Waals surface area contributed by atoms with E-state index in [1.165, 1.54) is 44.5 Å². The molecule has 0 radical (unpaired) electrons. The maximum absolute atomic E-state index is 6.19. The Labute approximate surface area is 287 Å². The summed E-state index contributed by atoms with van der Waals surface area (Å²) >= 11 is 0. The summed E-state index contributed by atoms with van der Waals surface area (Å²) in [4.78, 5) is 2.34. The molecule has 1 aromatic heterocycles. The van der Waals surface area contributed by atoms with Crippen LogP contribution in [-0.4, -0.2) is 0 Å². The Balaban J connectivity index is 1.10. The van der Waals surface area contributed by atoms with Crippen LogP contribution in [0.4, 0.5) is 17.1 Å². The van der Waals surface area contributed by atoms with Gasteiger partial charge in [-0.3, -0.25) is 0 Å². The van der Waals surface area contributed by atoms with Crippen molar-refractivity contribution in [2.24, 2.45) is 0 Å². The molecule has 1 aliphatic carbocycles. The molecule has 2 nitrogen and oxygen atoms in total. The van der Waals surface area contributed by atoms with E-state index in [2.05, 4.69) is 172 Å². The Morgan fingerprint density at radius 3 is 1.96 bits per heavy atom. The molecule has 1 aliphatic rings. The highest BCUT2D eigenvalue weighted by Crippen LogP contribution is 2.51. The van der Waals surface area contributed by atoms with Crippen LogP contribution in [0.3, 0.4) is 0 Å². The van der Waals surface area contributed by atoms with E-state index in [1.54, 1.807) is 0 Å². The number of anilines is 3. The van der Waals surface area contributed by atoms with Gasteiger partial charge in [-0.05, 0) is 125 Å². The molecule has 0 atom stereocenters. The SMILES string of the molecule is Cc1cc(C)c2c(c1)C(C)(C)c1ccc(-c3cccc(N(c4ccccc4)c4ccc(-c5ccc6c(c5)oc5ccccc56)cc4)c3)cc1-2. The number of fused-ring (bicyclic) bond motifs is 6. The monoisotopic (exact) mass is 631 g/mol. The zero-order valence-corrected chi connectivity index (χ0v) is 28.3. The third-order valence-corrected chi connectivity index (χ3v) is 10.4. The smallest absolute Gasteiger partial charge is 0.136 e. The van der Waals surface area contributed by atoms with Crippen LogP contribution in [0, 0.1) is 13.8 Å². The predicted octanol–water partition coefficient (Wildman–Crippen LogP) is 13.3. The summed E-state index contributed by atoms with van der Waals surface area (Å²) in [6.45, 7) is 9.18. The summed E-state index contributed by atoms with van der Waals surface area (Å²) in [5, 5.41) is 2.30. The van der Waals surface area contributed by atoms with Crippen molar-refractivity contribution in [3.8, 4) is 33.4 Å². The van der Waals surface area contributed by atoms with Gasteiger partial charge in [0.2, 0.25) is 0 Å². The molecule has 0 N–H and O–H groups in total. The minimum absolute atomic E-state index is 0.0179. The van der Waals surface area contributed by atoms with Crippen LogP contribution in [0.2, 0.25) is 0 Å². The lowest BCUT2D eigenvalue weighted by Gasteiger charge is -2.26. The Morgan fingerprint density at radius 2 is 1.12 bits per heavy atom. The van der Waals surface area contributed by atoms with Gasteiger partial charge in [-0.2, -0.15) is 0 Å². The lowest BCUT2D eigenvalue weighted by Crippen LogP contribution is -2.15. The van der Waals surface area contributed by atoms with Gasteiger partial charge in [-0.1, -0.05) is 110 Å². The first kappa shape index (κ1) is 29.3. The normalized spacial score (nSPS) is 13.1. The van der Waals surface area contributed by atoms with Crippen molar-refractivity contribution in [3.63, 3.8) is 0 Å². The van der Waals surface area contributed by atoms with Crippen molar-refractivity contribution < 1.29 is 4.42 Å². The quantitative estimate of drug-likeness (QED) is 0.188. The molecule has 9 rings (SSSR count). The fourth-order valence-electron chi connectivity index (χ4n) is 8.00. The summed E-state index contributed by atoms with van der Waals surface area (Å²) in [5.41, 5.74) is 18.1. The molecule has 0 amide bonds. The highest BCUT2D eigenvalue weighted by Gasteiger charge is 2.36. The first-order valence-corrected chi connectivity index (χ1v) is 17.1. The van der Waals surface area contributed by atoms with E-state index in [1.807, 2.05) is 12.1 Å². The lowest BCUT2D eigenvalue weighted by molar-refractivity contribution is 0.659. The number of nitrogens with zero attached hydrogens (tertiary/aromatic N) is 1. The number of aryl methyl sites for hydroxylation is 2. The van der Waals surface area contributed by atoms with Crippen LogP contribution >= 0.6 is 0 Å². The Morgan fingerprint density at radius 1 is 0.469 bits per heavy atom. The second-order valence-electron chi connectivity index (χ2n) is 14.0. The molecule has 1 heterocycles. The molecule has 7 aromatic carbocycles. The van der Waals surface area contributed by atoms with Crippen LogP contribution < -0.4 is 4.90 Å². The maximum Gasteiger partial charge on any atom is 0.136 e. The van der Waals surface area contributed by atoms with E-state index in [0.29, 0.717) is 0 Å². The molecular formula is C47H37NO. The molecule has 8 aromatic rings. The van der Waals surface area contributed by atoms with Crippen LogP contribution in [0.25, 0.3) is 55.3 Å². The van der Waals surface area contributed by atoms with Crippen molar-refractivity contribution in [2.75, 3.05) is 4.90 Å². The Hall–Kier alpha value is -5.86. The van der Waals surface area contributed by atoms with Gasteiger partial charge in [0.25, 0.3) is 0 Å². The van der Waals surface area contributed by atoms with Crippen molar-refractivity contribution in [1.82, 2.24) is 0 Å². The predicted molar refractivity (Wildman–Crippen MR) is 206 cm³/mol. The molecule has 2 heteroatoms.